The van der Waals surface area contributed by atoms with Crippen molar-refractivity contribution in [3.63, 3.8) is 0 Å². The maximum atomic E-state index is 10.3. The molecule has 3 heteroatoms. The van der Waals surface area contributed by atoms with Gasteiger partial charge in [-0.15, -0.1) is 0 Å². The molecule has 1 aromatic rings. The van der Waals surface area contributed by atoms with Gasteiger partial charge in [0.15, 0.2) is 0 Å². The lowest BCUT2D eigenvalue weighted by Crippen LogP contribution is -1.88. The van der Waals surface area contributed by atoms with Gasteiger partial charge in [0.05, 0.1) is 0 Å². The second-order valence-corrected chi connectivity index (χ2v) is 3.18. The maximum Gasteiger partial charge on any atom is 0.150 e. The lowest BCUT2D eigenvalue weighted by molar-refractivity contribution is 0.112. The van der Waals surface area contributed by atoms with E-state index in [0.29, 0.717) is 11.3 Å². The van der Waals surface area contributed by atoms with Crippen LogP contribution in [0.2, 0.25) is 0 Å². The molecule has 2 nitrogen and oxygen atoms in total. The summed E-state index contributed by atoms with van der Waals surface area (Å²) in [6.45, 7) is 0. The molecule has 1 aromatic carbocycles. The van der Waals surface area contributed by atoms with E-state index in [0.717, 1.165) is 9.86 Å². The van der Waals surface area contributed by atoms with Gasteiger partial charge in [-0.05, 0) is 40.8 Å². The normalized spacial score (nSPS) is 9.30. The highest BCUT2D eigenvalue weighted by Gasteiger charge is 1.93. The zero-order chi connectivity index (χ0) is 7.56. The highest BCUT2D eigenvalue weighted by atomic mass is 127. The van der Waals surface area contributed by atoms with Crippen LogP contribution in [0.4, 0.5) is 5.69 Å². The van der Waals surface area contributed by atoms with Crippen molar-refractivity contribution in [2.45, 2.75) is 0 Å². The third-order valence-corrected chi connectivity index (χ3v) is 1.70. The number of carbonyl (C=O) groups is 1. The van der Waals surface area contributed by atoms with Crippen molar-refractivity contribution in [3.05, 3.63) is 27.3 Å². The van der Waals surface area contributed by atoms with Crippen LogP contribution in [0.1, 0.15) is 10.4 Å². The smallest absolute Gasteiger partial charge is 0.150 e. The summed E-state index contributed by atoms with van der Waals surface area (Å²) >= 11 is 2.12. The number of carbonyl (C=O) groups excluding carboxylic acids is 1. The van der Waals surface area contributed by atoms with Crippen molar-refractivity contribution in [2.75, 3.05) is 5.73 Å². The summed E-state index contributed by atoms with van der Waals surface area (Å²) in [5, 5.41) is 0. The van der Waals surface area contributed by atoms with Crippen LogP contribution < -0.4 is 5.73 Å². The number of hydrogen-bond acceptors (Lipinski definition) is 2. The molecule has 0 aliphatic heterocycles. The first kappa shape index (κ1) is 7.53. The van der Waals surface area contributed by atoms with Crippen LogP contribution >= 0.6 is 22.6 Å². The summed E-state index contributed by atoms with van der Waals surface area (Å²) in [7, 11) is 0. The van der Waals surface area contributed by atoms with Crippen molar-refractivity contribution in [1.82, 2.24) is 0 Å². The van der Waals surface area contributed by atoms with Crippen molar-refractivity contribution in [3.8, 4) is 0 Å². The van der Waals surface area contributed by atoms with Gasteiger partial charge in [-0.25, -0.2) is 0 Å². The third kappa shape index (κ3) is 1.70. The van der Waals surface area contributed by atoms with Gasteiger partial charge in [-0.1, -0.05) is 0 Å². The highest BCUT2D eigenvalue weighted by molar-refractivity contribution is 14.1. The van der Waals surface area contributed by atoms with Gasteiger partial charge < -0.3 is 5.73 Å². The van der Waals surface area contributed by atoms with E-state index >= 15 is 0 Å². The quantitative estimate of drug-likeness (QED) is 0.466. The minimum atomic E-state index is 0.629. The first-order chi connectivity index (χ1) is 4.72. The molecule has 0 fully saturated rings. The Balaban J connectivity index is 3.18. The average Bonchev–Trinajstić information content (AvgIpc) is 1.85. The topological polar surface area (TPSA) is 43.1 Å². The molecular weight excluding hydrogens is 241 g/mol. The molecule has 0 aliphatic carbocycles. The summed E-state index contributed by atoms with van der Waals surface area (Å²) in [5.74, 6) is 0. The van der Waals surface area contributed by atoms with Gasteiger partial charge in [0.1, 0.15) is 6.29 Å². The number of aldehydes is 1. The van der Waals surface area contributed by atoms with Gasteiger partial charge in [-0.3, -0.25) is 4.79 Å². The first-order valence-electron chi connectivity index (χ1n) is 2.73. The molecule has 0 saturated heterocycles. The summed E-state index contributed by atoms with van der Waals surface area (Å²) in [4.78, 5) is 10.3. The molecule has 0 bridgehead atoms. The van der Waals surface area contributed by atoms with E-state index in [2.05, 4.69) is 22.6 Å². The molecular formula is C7H6INO. The summed E-state index contributed by atoms with van der Waals surface area (Å²) in [6.07, 6.45) is 0.790. The largest absolute Gasteiger partial charge is 0.399 e. The van der Waals surface area contributed by atoms with E-state index in [1.54, 1.807) is 12.1 Å². The van der Waals surface area contributed by atoms with E-state index in [4.69, 9.17) is 5.73 Å². The van der Waals surface area contributed by atoms with Gasteiger partial charge in [0, 0.05) is 14.8 Å². The van der Waals surface area contributed by atoms with Crippen molar-refractivity contribution in [2.24, 2.45) is 0 Å². The second kappa shape index (κ2) is 3.01. The predicted octanol–water partition coefficient (Wildman–Crippen LogP) is 1.69. The Morgan fingerprint density at radius 1 is 1.40 bits per heavy atom. The Labute approximate surface area is 72.6 Å². The van der Waals surface area contributed by atoms with Crippen LogP contribution in [0.15, 0.2) is 18.2 Å². The Morgan fingerprint density at radius 2 is 2.10 bits per heavy atom. The van der Waals surface area contributed by atoms with Crippen molar-refractivity contribution >= 4 is 34.6 Å². The molecule has 2 N–H and O–H groups in total. The van der Waals surface area contributed by atoms with Crippen molar-refractivity contribution in [1.29, 1.82) is 0 Å². The third-order valence-electron chi connectivity index (χ3n) is 1.08. The fourth-order valence-electron chi connectivity index (χ4n) is 0.704. The van der Waals surface area contributed by atoms with Crippen molar-refractivity contribution < 1.29 is 4.79 Å². The fraction of sp³-hybridized carbons (Fsp3) is 0. The van der Waals surface area contributed by atoms with E-state index < -0.39 is 0 Å². The Bertz CT molecular complexity index is 240. The maximum absolute atomic E-state index is 10.3. The second-order valence-electron chi connectivity index (χ2n) is 1.94. The van der Waals surface area contributed by atoms with E-state index in [9.17, 15) is 4.79 Å². The standard InChI is InChI=1S/C7H6INO/c8-6-1-5(4-10)2-7(9)3-6/h1-4H,9H2. The van der Waals surface area contributed by atoms with Gasteiger partial charge in [-0.2, -0.15) is 0 Å². The number of halogens is 1. The lowest BCUT2D eigenvalue weighted by Gasteiger charge is -1.95. The molecule has 0 spiro atoms. The Kier molecular flexibility index (Phi) is 2.26. The summed E-state index contributed by atoms with van der Waals surface area (Å²) < 4.78 is 0.986. The minimum Gasteiger partial charge on any atom is -0.399 e. The molecule has 52 valence electrons. The number of benzene rings is 1. The molecule has 0 aliphatic rings. The van der Waals surface area contributed by atoms with E-state index in [1.165, 1.54) is 0 Å². The van der Waals surface area contributed by atoms with E-state index in [-0.39, 0.29) is 0 Å². The zero-order valence-electron chi connectivity index (χ0n) is 5.17. The molecule has 0 unspecified atom stereocenters. The van der Waals surface area contributed by atoms with Gasteiger partial charge >= 0.3 is 0 Å². The highest BCUT2D eigenvalue weighted by Crippen LogP contribution is 2.11. The number of nitrogen functional groups attached to an aromatic ring is 1. The molecule has 0 amide bonds. The van der Waals surface area contributed by atoms with Crippen LogP contribution in [-0.2, 0) is 0 Å². The van der Waals surface area contributed by atoms with E-state index in [1.807, 2.05) is 6.07 Å². The van der Waals surface area contributed by atoms with Crippen LogP contribution in [0.25, 0.3) is 0 Å². The molecule has 10 heavy (non-hydrogen) atoms. The molecule has 0 heterocycles. The monoisotopic (exact) mass is 247 g/mol. The SMILES string of the molecule is Nc1cc(I)cc(C=O)c1. The number of hydrogen-bond donors (Lipinski definition) is 1. The Morgan fingerprint density at radius 3 is 2.60 bits per heavy atom. The van der Waals surface area contributed by atoms with Gasteiger partial charge in [0.25, 0.3) is 0 Å². The van der Waals surface area contributed by atoms with Crippen LogP contribution in [0.3, 0.4) is 0 Å². The van der Waals surface area contributed by atoms with Gasteiger partial charge in [0.2, 0.25) is 0 Å². The molecule has 1 rings (SSSR count). The van der Waals surface area contributed by atoms with Crippen LogP contribution in [0, 0.1) is 3.57 Å². The zero-order valence-corrected chi connectivity index (χ0v) is 7.33. The number of nitrogens with two attached hydrogens (primary N) is 1. The molecule has 0 aromatic heterocycles. The number of rotatable bonds is 1. The predicted molar refractivity (Wildman–Crippen MR) is 49.0 cm³/mol. The first-order valence-corrected chi connectivity index (χ1v) is 3.81. The molecule has 0 atom stereocenters. The minimum absolute atomic E-state index is 0.629. The molecule has 0 saturated carbocycles. The lowest BCUT2D eigenvalue weighted by atomic mass is 10.2. The Hall–Kier alpha value is -0.580. The van der Waals surface area contributed by atoms with Crippen LogP contribution in [0.5, 0.6) is 0 Å². The number of anilines is 1. The van der Waals surface area contributed by atoms with Crippen LogP contribution in [-0.4, -0.2) is 6.29 Å². The molecule has 0 radical (unpaired) electrons. The summed E-state index contributed by atoms with van der Waals surface area (Å²) in [5.41, 5.74) is 6.73. The fourth-order valence-corrected chi connectivity index (χ4v) is 1.42. The summed E-state index contributed by atoms with van der Waals surface area (Å²) in [6, 6.07) is 5.24. The average molecular weight is 247 g/mol.